The number of rotatable bonds is 8. The van der Waals surface area contributed by atoms with Gasteiger partial charge in [0.1, 0.15) is 0 Å². The lowest BCUT2D eigenvalue weighted by atomic mass is 10.1. The molecule has 8 heteroatoms. The highest BCUT2D eigenvalue weighted by Gasteiger charge is 2.22. The summed E-state index contributed by atoms with van der Waals surface area (Å²) < 4.78 is 12.9. The van der Waals surface area contributed by atoms with E-state index in [1.54, 1.807) is 13.3 Å². The molecule has 1 fully saturated rings. The second-order valence-corrected chi connectivity index (χ2v) is 6.88. The predicted molar refractivity (Wildman–Crippen MR) is 126 cm³/mol. The van der Waals surface area contributed by atoms with Gasteiger partial charge in [0.15, 0.2) is 5.96 Å². The average molecular weight is 513 g/mol. The van der Waals surface area contributed by atoms with E-state index in [0.717, 1.165) is 57.2 Å². The van der Waals surface area contributed by atoms with Crippen molar-refractivity contribution in [2.75, 3.05) is 40.5 Å². The van der Waals surface area contributed by atoms with Crippen LogP contribution in [0.2, 0.25) is 0 Å². The smallest absolute Gasteiger partial charge is 0.193 e. The molecular formula is C21H32IN5O2. The number of guanidine groups is 1. The second-order valence-electron chi connectivity index (χ2n) is 6.88. The highest BCUT2D eigenvalue weighted by atomic mass is 127. The van der Waals surface area contributed by atoms with Crippen LogP contribution < -0.4 is 5.32 Å². The minimum absolute atomic E-state index is 0. The number of aliphatic imine (C=N–C) groups is 1. The van der Waals surface area contributed by atoms with Gasteiger partial charge in [0, 0.05) is 59.4 Å². The van der Waals surface area contributed by atoms with Crippen LogP contribution in [0.5, 0.6) is 0 Å². The fourth-order valence-electron chi connectivity index (χ4n) is 3.49. The summed E-state index contributed by atoms with van der Waals surface area (Å²) in [6.07, 6.45) is 7.10. The van der Waals surface area contributed by atoms with Crippen molar-refractivity contribution in [3.8, 4) is 5.69 Å². The van der Waals surface area contributed by atoms with Crippen molar-refractivity contribution >= 4 is 29.9 Å². The first-order valence-corrected chi connectivity index (χ1v) is 9.96. The lowest BCUT2D eigenvalue weighted by Gasteiger charge is -2.34. The standard InChI is InChI=1S/C21H31N5O2.HI/c1-22-21(25-13-9-19(10-14-25)28-16-6-15-27-2)23-17-18-7-3-4-8-20(18)26-12-5-11-24-26;/h3-5,7-8,11-12,19H,6,9-10,13-17H2,1-2H3,(H,22,23);1H. The number of halogens is 1. The lowest BCUT2D eigenvalue weighted by Crippen LogP contribution is -2.46. The number of benzene rings is 1. The second kappa shape index (κ2) is 12.8. The zero-order chi connectivity index (χ0) is 19.6. The maximum absolute atomic E-state index is 5.96. The molecule has 2 heterocycles. The third kappa shape index (κ3) is 6.97. The molecular weight excluding hydrogens is 481 g/mol. The molecule has 1 saturated heterocycles. The van der Waals surface area contributed by atoms with E-state index in [1.807, 2.05) is 30.1 Å². The third-order valence-corrected chi connectivity index (χ3v) is 4.98. The summed E-state index contributed by atoms with van der Waals surface area (Å²) in [6.45, 7) is 4.14. The molecule has 1 aromatic heterocycles. The molecule has 1 N–H and O–H groups in total. The van der Waals surface area contributed by atoms with Gasteiger partial charge in [0.25, 0.3) is 0 Å². The number of nitrogens with one attached hydrogen (secondary N) is 1. The first-order chi connectivity index (χ1) is 13.8. The zero-order valence-electron chi connectivity index (χ0n) is 17.3. The maximum atomic E-state index is 5.96. The molecule has 2 aromatic rings. The number of hydrogen-bond acceptors (Lipinski definition) is 4. The number of aromatic nitrogens is 2. The highest BCUT2D eigenvalue weighted by molar-refractivity contribution is 14.0. The van der Waals surface area contributed by atoms with Crippen molar-refractivity contribution in [3.05, 3.63) is 48.3 Å². The summed E-state index contributed by atoms with van der Waals surface area (Å²) in [7, 11) is 3.57. The van der Waals surface area contributed by atoms with Crippen LogP contribution in [0.1, 0.15) is 24.8 Å². The summed E-state index contributed by atoms with van der Waals surface area (Å²) >= 11 is 0. The Balaban J connectivity index is 0.00000300. The highest BCUT2D eigenvalue weighted by Crippen LogP contribution is 2.16. The first-order valence-electron chi connectivity index (χ1n) is 9.96. The minimum atomic E-state index is 0. The monoisotopic (exact) mass is 513 g/mol. The Bertz CT molecular complexity index is 730. The predicted octanol–water partition coefficient (Wildman–Crippen LogP) is 3.08. The van der Waals surface area contributed by atoms with Gasteiger partial charge in [-0.2, -0.15) is 5.10 Å². The van der Waals surface area contributed by atoms with Crippen LogP contribution in [0, 0.1) is 0 Å². The number of para-hydroxylation sites is 1. The van der Waals surface area contributed by atoms with Gasteiger partial charge in [-0.3, -0.25) is 4.99 Å². The molecule has 1 aliphatic rings. The molecule has 0 atom stereocenters. The fourth-order valence-corrected chi connectivity index (χ4v) is 3.49. The quantitative estimate of drug-likeness (QED) is 0.255. The molecule has 0 aliphatic carbocycles. The summed E-state index contributed by atoms with van der Waals surface area (Å²) in [5.74, 6) is 0.938. The normalized spacial score (nSPS) is 15.2. The molecule has 1 aliphatic heterocycles. The van der Waals surface area contributed by atoms with Crippen molar-refractivity contribution < 1.29 is 9.47 Å². The van der Waals surface area contributed by atoms with Crippen molar-refractivity contribution in [3.63, 3.8) is 0 Å². The zero-order valence-corrected chi connectivity index (χ0v) is 19.6. The van der Waals surface area contributed by atoms with Crippen molar-refractivity contribution in [1.82, 2.24) is 20.0 Å². The number of ether oxygens (including phenoxy) is 2. The Labute approximate surface area is 190 Å². The summed E-state index contributed by atoms with van der Waals surface area (Å²) in [5, 5.41) is 7.87. The third-order valence-electron chi connectivity index (χ3n) is 4.98. The Morgan fingerprint density at radius 2 is 2.00 bits per heavy atom. The summed E-state index contributed by atoms with van der Waals surface area (Å²) in [4.78, 5) is 6.79. The first kappa shape index (κ1) is 23.6. The number of nitrogens with zero attached hydrogens (tertiary/aromatic N) is 4. The van der Waals surface area contributed by atoms with E-state index < -0.39 is 0 Å². The van der Waals surface area contributed by atoms with Gasteiger partial charge in [0.05, 0.1) is 11.8 Å². The van der Waals surface area contributed by atoms with Crippen LogP contribution in [-0.2, 0) is 16.0 Å². The SMILES string of the molecule is CN=C(NCc1ccccc1-n1cccn1)N1CCC(OCCCOC)CC1.I. The van der Waals surface area contributed by atoms with E-state index in [0.29, 0.717) is 12.6 Å². The molecule has 1 aromatic carbocycles. The van der Waals surface area contributed by atoms with Crippen LogP contribution in [-0.4, -0.2) is 67.2 Å². The minimum Gasteiger partial charge on any atom is -0.385 e. The van der Waals surface area contributed by atoms with E-state index in [4.69, 9.17) is 9.47 Å². The van der Waals surface area contributed by atoms with Gasteiger partial charge in [-0.25, -0.2) is 4.68 Å². The van der Waals surface area contributed by atoms with E-state index >= 15 is 0 Å². The Morgan fingerprint density at radius 1 is 1.21 bits per heavy atom. The Morgan fingerprint density at radius 3 is 2.69 bits per heavy atom. The van der Waals surface area contributed by atoms with Gasteiger partial charge in [-0.15, -0.1) is 24.0 Å². The molecule has 0 radical (unpaired) electrons. The van der Waals surface area contributed by atoms with Gasteiger partial charge >= 0.3 is 0 Å². The number of piperidine rings is 1. The van der Waals surface area contributed by atoms with Gasteiger partial charge in [0.2, 0.25) is 0 Å². The van der Waals surface area contributed by atoms with Gasteiger partial charge in [-0.1, -0.05) is 18.2 Å². The van der Waals surface area contributed by atoms with Gasteiger partial charge in [-0.05, 0) is 37.0 Å². The molecule has 3 rings (SSSR count). The van der Waals surface area contributed by atoms with E-state index in [1.165, 1.54) is 5.56 Å². The maximum Gasteiger partial charge on any atom is 0.193 e. The van der Waals surface area contributed by atoms with Crippen molar-refractivity contribution in [1.29, 1.82) is 0 Å². The Kier molecular flexibility index (Phi) is 10.4. The fraction of sp³-hybridized carbons (Fsp3) is 0.524. The molecule has 0 saturated carbocycles. The van der Waals surface area contributed by atoms with Crippen molar-refractivity contribution in [2.24, 2.45) is 4.99 Å². The number of hydrogen-bond donors (Lipinski definition) is 1. The number of methoxy groups -OCH3 is 1. The topological polar surface area (TPSA) is 63.9 Å². The summed E-state index contributed by atoms with van der Waals surface area (Å²) in [6, 6.07) is 10.2. The molecule has 0 bridgehead atoms. The molecule has 7 nitrogen and oxygen atoms in total. The molecule has 0 amide bonds. The summed E-state index contributed by atoms with van der Waals surface area (Å²) in [5.41, 5.74) is 2.27. The lowest BCUT2D eigenvalue weighted by molar-refractivity contribution is 0.00990. The molecule has 29 heavy (non-hydrogen) atoms. The average Bonchev–Trinajstić information content (AvgIpc) is 3.28. The van der Waals surface area contributed by atoms with Crippen LogP contribution in [0.4, 0.5) is 0 Å². The molecule has 0 unspecified atom stereocenters. The number of likely N-dealkylation sites (tertiary alicyclic amines) is 1. The van der Waals surface area contributed by atoms with E-state index in [9.17, 15) is 0 Å². The Hall–Kier alpha value is -1.65. The van der Waals surface area contributed by atoms with Crippen LogP contribution in [0.3, 0.4) is 0 Å². The van der Waals surface area contributed by atoms with Crippen molar-refractivity contribution in [2.45, 2.75) is 31.9 Å². The largest absolute Gasteiger partial charge is 0.385 e. The molecule has 160 valence electrons. The van der Waals surface area contributed by atoms with Gasteiger partial charge < -0.3 is 19.7 Å². The van der Waals surface area contributed by atoms with Crippen LogP contribution >= 0.6 is 24.0 Å². The van der Waals surface area contributed by atoms with E-state index in [-0.39, 0.29) is 24.0 Å². The van der Waals surface area contributed by atoms with Crippen LogP contribution in [0.25, 0.3) is 5.69 Å². The van der Waals surface area contributed by atoms with E-state index in [2.05, 4.69) is 38.5 Å². The molecule has 0 spiro atoms. The van der Waals surface area contributed by atoms with Crippen LogP contribution in [0.15, 0.2) is 47.7 Å².